The van der Waals surface area contributed by atoms with Crippen LogP contribution in [0, 0.1) is 11.3 Å². The molecule has 5 nitrogen and oxygen atoms in total. The number of aliphatic carboxylic acids is 1. The van der Waals surface area contributed by atoms with Crippen molar-refractivity contribution in [2.24, 2.45) is 11.3 Å². The van der Waals surface area contributed by atoms with Gasteiger partial charge in [0, 0.05) is 13.1 Å². The van der Waals surface area contributed by atoms with E-state index in [1.54, 1.807) is 20.8 Å². The number of nitrogens with one attached hydrogen (secondary N) is 2. The Morgan fingerprint density at radius 1 is 1.24 bits per heavy atom. The van der Waals surface area contributed by atoms with Gasteiger partial charge in [0.15, 0.2) is 0 Å². The minimum absolute atomic E-state index is 0.0973. The molecule has 1 amide bonds. The Bertz CT molecular complexity index is 275. The molecule has 17 heavy (non-hydrogen) atoms. The van der Waals surface area contributed by atoms with Crippen LogP contribution in [0.25, 0.3) is 0 Å². The fourth-order valence-electron chi connectivity index (χ4n) is 1.03. The molecule has 0 aromatic rings. The predicted molar refractivity (Wildman–Crippen MR) is 66.7 cm³/mol. The summed E-state index contributed by atoms with van der Waals surface area (Å²) in [6.45, 7) is 9.92. The highest BCUT2D eigenvalue weighted by Gasteiger charge is 2.28. The van der Waals surface area contributed by atoms with Gasteiger partial charge in [-0.3, -0.25) is 9.59 Å². The Balaban J connectivity index is 4.05. The van der Waals surface area contributed by atoms with Gasteiger partial charge in [-0.1, -0.05) is 13.8 Å². The molecule has 1 atom stereocenters. The molecule has 0 aromatic carbocycles. The fourth-order valence-corrected chi connectivity index (χ4v) is 1.03. The summed E-state index contributed by atoms with van der Waals surface area (Å²) in [6, 6.07) is -0.382. The molecular weight excluding hydrogens is 220 g/mol. The zero-order valence-corrected chi connectivity index (χ0v) is 11.3. The maximum atomic E-state index is 11.6. The molecule has 0 fully saturated rings. The van der Waals surface area contributed by atoms with E-state index in [0.717, 1.165) is 0 Å². The third kappa shape index (κ3) is 6.26. The first-order valence-corrected chi connectivity index (χ1v) is 5.91. The first-order chi connectivity index (χ1) is 7.66. The lowest BCUT2D eigenvalue weighted by Crippen LogP contribution is -2.47. The molecule has 0 aliphatic rings. The molecule has 1 unspecified atom stereocenters. The summed E-state index contributed by atoms with van der Waals surface area (Å²) in [6.07, 6.45) is 0. The summed E-state index contributed by atoms with van der Waals surface area (Å²) >= 11 is 0. The van der Waals surface area contributed by atoms with Gasteiger partial charge in [-0.2, -0.15) is 0 Å². The van der Waals surface area contributed by atoms with Crippen molar-refractivity contribution >= 4 is 11.9 Å². The van der Waals surface area contributed by atoms with Crippen molar-refractivity contribution in [2.45, 2.75) is 40.7 Å². The van der Waals surface area contributed by atoms with Gasteiger partial charge >= 0.3 is 5.97 Å². The molecule has 0 radical (unpaired) electrons. The monoisotopic (exact) mass is 244 g/mol. The Kier molecular flexibility index (Phi) is 6.16. The topological polar surface area (TPSA) is 78.4 Å². The number of rotatable bonds is 7. The lowest BCUT2D eigenvalue weighted by molar-refractivity contribution is -0.147. The molecule has 0 saturated heterocycles. The van der Waals surface area contributed by atoms with Gasteiger partial charge in [-0.25, -0.2) is 0 Å². The van der Waals surface area contributed by atoms with Gasteiger partial charge in [-0.05, 0) is 26.7 Å². The van der Waals surface area contributed by atoms with Crippen molar-refractivity contribution < 1.29 is 14.7 Å². The van der Waals surface area contributed by atoms with Crippen LogP contribution >= 0.6 is 0 Å². The van der Waals surface area contributed by atoms with Gasteiger partial charge in [0.05, 0.1) is 11.5 Å². The van der Waals surface area contributed by atoms with Crippen molar-refractivity contribution in [3.63, 3.8) is 0 Å². The second-order valence-electron chi connectivity index (χ2n) is 5.43. The highest BCUT2D eigenvalue weighted by Crippen LogP contribution is 2.13. The highest BCUT2D eigenvalue weighted by molar-refractivity contribution is 5.81. The molecule has 0 aromatic heterocycles. The summed E-state index contributed by atoms with van der Waals surface area (Å²) in [4.78, 5) is 22.5. The molecular formula is C12H24N2O3. The number of hydrogen-bond donors (Lipinski definition) is 3. The first-order valence-electron chi connectivity index (χ1n) is 5.91. The SMILES string of the molecule is CC(C)CNC(=O)C(C)NCC(C)(C)C(=O)O. The van der Waals surface area contributed by atoms with E-state index < -0.39 is 11.4 Å². The number of amides is 1. The zero-order valence-electron chi connectivity index (χ0n) is 11.3. The number of hydrogen-bond acceptors (Lipinski definition) is 3. The number of carboxylic acids is 1. The van der Waals surface area contributed by atoms with Gasteiger partial charge in [-0.15, -0.1) is 0 Å². The molecule has 0 rings (SSSR count). The van der Waals surface area contributed by atoms with Gasteiger partial charge in [0.1, 0.15) is 0 Å². The molecule has 0 aliphatic heterocycles. The van der Waals surface area contributed by atoms with E-state index in [0.29, 0.717) is 12.5 Å². The smallest absolute Gasteiger partial charge is 0.310 e. The van der Waals surface area contributed by atoms with E-state index in [1.165, 1.54) is 0 Å². The Morgan fingerprint density at radius 2 is 1.76 bits per heavy atom. The van der Waals surface area contributed by atoms with Crippen LogP contribution in [-0.2, 0) is 9.59 Å². The summed E-state index contributed by atoms with van der Waals surface area (Å²) in [5.74, 6) is -0.568. The Labute approximate surface area is 103 Å². The van der Waals surface area contributed by atoms with Crippen LogP contribution in [0.4, 0.5) is 0 Å². The normalized spacial score (nSPS) is 13.5. The van der Waals surface area contributed by atoms with Crippen LogP contribution in [0.15, 0.2) is 0 Å². The van der Waals surface area contributed by atoms with Crippen LogP contribution in [0.2, 0.25) is 0 Å². The summed E-state index contributed by atoms with van der Waals surface area (Å²) in [5, 5.41) is 14.7. The third-order valence-corrected chi connectivity index (χ3v) is 2.51. The van der Waals surface area contributed by atoms with Crippen molar-refractivity contribution in [2.75, 3.05) is 13.1 Å². The quantitative estimate of drug-likeness (QED) is 0.620. The fraction of sp³-hybridized carbons (Fsp3) is 0.833. The molecule has 0 heterocycles. The predicted octanol–water partition coefficient (Wildman–Crippen LogP) is 0.847. The van der Waals surface area contributed by atoms with Crippen LogP contribution in [-0.4, -0.2) is 36.1 Å². The second-order valence-corrected chi connectivity index (χ2v) is 5.43. The first kappa shape index (κ1) is 15.9. The van der Waals surface area contributed by atoms with Crippen LogP contribution < -0.4 is 10.6 Å². The summed E-state index contributed by atoms with van der Waals surface area (Å²) in [7, 11) is 0. The Morgan fingerprint density at radius 3 is 2.18 bits per heavy atom. The van der Waals surface area contributed by atoms with Crippen molar-refractivity contribution in [3.8, 4) is 0 Å². The van der Waals surface area contributed by atoms with E-state index in [2.05, 4.69) is 10.6 Å². The molecule has 5 heteroatoms. The summed E-state index contributed by atoms with van der Waals surface area (Å²) in [5.41, 5.74) is -0.868. The number of carbonyl (C=O) groups excluding carboxylic acids is 1. The van der Waals surface area contributed by atoms with E-state index >= 15 is 0 Å². The molecule has 0 bridgehead atoms. The summed E-state index contributed by atoms with van der Waals surface area (Å²) < 4.78 is 0. The van der Waals surface area contributed by atoms with E-state index in [4.69, 9.17) is 5.11 Å². The van der Waals surface area contributed by atoms with Crippen molar-refractivity contribution in [1.82, 2.24) is 10.6 Å². The molecule has 0 aliphatic carbocycles. The number of carbonyl (C=O) groups is 2. The Hall–Kier alpha value is -1.10. The molecule has 0 spiro atoms. The van der Waals surface area contributed by atoms with Gasteiger partial charge < -0.3 is 15.7 Å². The standard InChI is InChI=1S/C12H24N2O3/c1-8(2)6-13-10(15)9(3)14-7-12(4,5)11(16)17/h8-9,14H,6-7H2,1-5H3,(H,13,15)(H,16,17). The molecule has 0 saturated carbocycles. The van der Waals surface area contributed by atoms with Crippen molar-refractivity contribution in [1.29, 1.82) is 0 Å². The second kappa shape index (κ2) is 6.59. The molecule has 100 valence electrons. The largest absolute Gasteiger partial charge is 0.481 e. The average Bonchev–Trinajstić information content (AvgIpc) is 2.22. The minimum atomic E-state index is -0.875. The third-order valence-electron chi connectivity index (χ3n) is 2.51. The van der Waals surface area contributed by atoms with E-state index in [9.17, 15) is 9.59 Å². The van der Waals surface area contributed by atoms with Crippen LogP contribution in [0.3, 0.4) is 0 Å². The van der Waals surface area contributed by atoms with Gasteiger partial charge in [0.2, 0.25) is 5.91 Å². The minimum Gasteiger partial charge on any atom is -0.481 e. The number of carboxylic acid groups (broad SMARTS) is 1. The van der Waals surface area contributed by atoms with Crippen LogP contribution in [0.1, 0.15) is 34.6 Å². The maximum Gasteiger partial charge on any atom is 0.310 e. The highest BCUT2D eigenvalue weighted by atomic mass is 16.4. The lowest BCUT2D eigenvalue weighted by Gasteiger charge is -2.22. The zero-order chi connectivity index (χ0) is 13.6. The van der Waals surface area contributed by atoms with E-state index in [-0.39, 0.29) is 18.5 Å². The van der Waals surface area contributed by atoms with Crippen molar-refractivity contribution in [3.05, 3.63) is 0 Å². The molecule has 3 N–H and O–H groups in total. The van der Waals surface area contributed by atoms with E-state index in [1.807, 2.05) is 13.8 Å². The van der Waals surface area contributed by atoms with Crippen LogP contribution in [0.5, 0.6) is 0 Å². The maximum absolute atomic E-state index is 11.6. The average molecular weight is 244 g/mol. The van der Waals surface area contributed by atoms with Gasteiger partial charge in [0.25, 0.3) is 0 Å². The lowest BCUT2D eigenvalue weighted by atomic mass is 9.93.